The van der Waals surface area contributed by atoms with Crippen molar-refractivity contribution in [1.29, 1.82) is 0 Å². The molecule has 4 nitrogen and oxygen atoms in total. The van der Waals surface area contributed by atoms with E-state index in [-0.39, 0.29) is 18.6 Å². The Kier molecular flexibility index (Phi) is 3.64. The van der Waals surface area contributed by atoms with Gasteiger partial charge in [0.15, 0.2) is 0 Å². The molecule has 0 saturated heterocycles. The molecule has 1 aromatic rings. The van der Waals surface area contributed by atoms with Crippen molar-refractivity contribution in [2.45, 2.75) is 25.8 Å². The molecule has 1 aliphatic rings. The lowest BCUT2D eigenvalue weighted by molar-refractivity contribution is 0.0915. The average Bonchev–Trinajstić information content (AvgIpc) is 2.82. The molecule has 4 heteroatoms. The van der Waals surface area contributed by atoms with Crippen molar-refractivity contribution in [3.05, 3.63) is 29.3 Å². The Morgan fingerprint density at radius 1 is 1.59 bits per heavy atom. The lowest BCUT2D eigenvalue weighted by Gasteiger charge is -2.14. The van der Waals surface area contributed by atoms with Crippen LogP contribution >= 0.6 is 0 Å². The summed E-state index contributed by atoms with van der Waals surface area (Å²) in [5, 5.41) is 15.1. The molecular formula is C13H18N2O2. The van der Waals surface area contributed by atoms with E-state index in [9.17, 15) is 4.79 Å². The number of aliphatic hydroxyl groups is 1. The highest BCUT2D eigenvalue weighted by molar-refractivity contribution is 5.95. The second-order valence-corrected chi connectivity index (χ2v) is 4.31. The zero-order chi connectivity index (χ0) is 12.3. The summed E-state index contributed by atoms with van der Waals surface area (Å²) in [6.45, 7) is 2.85. The van der Waals surface area contributed by atoms with E-state index in [1.807, 2.05) is 25.1 Å². The Morgan fingerprint density at radius 3 is 3.12 bits per heavy atom. The predicted molar refractivity (Wildman–Crippen MR) is 67.3 cm³/mol. The smallest absolute Gasteiger partial charge is 0.251 e. The monoisotopic (exact) mass is 234 g/mol. The molecule has 0 bridgehead atoms. The Morgan fingerprint density at radius 2 is 2.41 bits per heavy atom. The highest BCUT2D eigenvalue weighted by atomic mass is 16.3. The summed E-state index contributed by atoms with van der Waals surface area (Å²) in [4.78, 5) is 11.9. The Labute approximate surface area is 101 Å². The minimum Gasteiger partial charge on any atom is -0.394 e. The van der Waals surface area contributed by atoms with Crippen LogP contribution in [0.4, 0.5) is 5.69 Å². The number of anilines is 1. The predicted octanol–water partition coefficient (Wildman–Crippen LogP) is 1.16. The van der Waals surface area contributed by atoms with Crippen molar-refractivity contribution in [1.82, 2.24) is 5.32 Å². The van der Waals surface area contributed by atoms with Gasteiger partial charge in [-0.1, -0.05) is 13.0 Å². The first-order valence-corrected chi connectivity index (χ1v) is 6.03. The van der Waals surface area contributed by atoms with Crippen molar-refractivity contribution < 1.29 is 9.90 Å². The fraction of sp³-hybridized carbons (Fsp3) is 0.462. The van der Waals surface area contributed by atoms with Gasteiger partial charge in [0.05, 0.1) is 12.6 Å². The van der Waals surface area contributed by atoms with Crippen LogP contribution in [0.15, 0.2) is 18.2 Å². The second-order valence-electron chi connectivity index (χ2n) is 4.31. The van der Waals surface area contributed by atoms with E-state index >= 15 is 0 Å². The molecule has 2 rings (SSSR count). The number of hydrogen-bond donors (Lipinski definition) is 3. The van der Waals surface area contributed by atoms with Gasteiger partial charge in [-0.05, 0) is 30.5 Å². The molecule has 1 amide bonds. The average molecular weight is 234 g/mol. The van der Waals surface area contributed by atoms with E-state index in [4.69, 9.17) is 5.11 Å². The van der Waals surface area contributed by atoms with E-state index < -0.39 is 0 Å². The summed E-state index contributed by atoms with van der Waals surface area (Å²) in [6.07, 6.45) is 1.75. The maximum Gasteiger partial charge on any atom is 0.251 e. The Bertz CT molecular complexity index is 414. The fourth-order valence-electron chi connectivity index (χ4n) is 1.98. The van der Waals surface area contributed by atoms with Crippen molar-refractivity contribution in [3.63, 3.8) is 0 Å². The number of nitrogens with one attached hydrogen (secondary N) is 2. The number of rotatable bonds is 4. The van der Waals surface area contributed by atoms with Gasteiger partial charge in [0, 0.05) is 17.8 Å². The van der Waals surface area contributed by atoms with Crippen LogP contribution in [0.5, 0.6) is 0 Å². The third-order valence-corrected chi connectivity index (χ3v) is 3.13. The van der Waals surface area contributed by atoms with Gasteiger partial charge in [0.25, 0.3) is 5.91 Å². The van der Waals surface area contributed by atoms with E-state index in [2.05, 4.69) is 10.6 Å². The maximum absolute atomic E-state index is 11.9. The third-order valence-electron chi connectivity index (χ3n) is 3.13. The number of hydrogen-bond acceptors (Lipinski definition) is 3. The van der Waals surface area contributed by atoms with Gasteiger partial charge in [-0.15, -0.1) is 0 Å². The summed E-state index contributed by atoms with van der Waals surface area (Å²) in [5.41, 5.74) is 2.95. The number of benzene rings is 1. The van der Waals surface area contributed by atoms with Crippen LogP contribution in [0.1, 0.15) is 29.3 Å². The van der Waals surface area contributed by atoms with E-state index in [1.54, 1.807) is 0 Å². The number of carbonyl (C=O) groups is 1. The summed E-state index contributed by atoms with van der Waals surface area (Å²) < 4.78 is 0. The molecule has 3 N–H and O–H groups in total. The molecule has 1 aromatic carbocycles. The van der Waals surface area contributed by atoms with Crippen LogP contribution in [-0.4, -0.2) is 30.2 Å². The second kappa shape index (κ2) is 5.19. The van der Waals surface area contributed by atoms with Crippen molar-refractivity contribution in [2.24, 2.45) is 0 Å². The Hall–Kier alpha value is -1.55. The first kappa shape index (κ1) is 11.9. The van der Waals surface area contributed by atoms with Gasteiger partial charge in [-0.25, -0.2) is 0 Å². The largest absolute Gasteiger partial charge is 0.394 e. The minimum atomic E-state index is -0.163. The lowest BCUT2D eigenvalue weighted by Crippen LogP contribution is -2.36. The zero-order valence-corrected chi connectivity index (χ0v) is 9.99. The molecule has 0 saturated carbocycles. The molecular weight excluding hydrogens is 216 g/mol. The number of carbonyl (C=O) groups excluding carboxylic acids is 1. The van der Waals surface area contributed by atoms with Crippen molar-refractivity contribution in [2.75, 3.05) is 18.5 Å². The third kappa shape index (κ3) is 2.58. The SMILES string of the molecule is CCC(CO)NC(=O)c1ccc2c(c1)NCC2. The standard InChI is InChI=1S/C13H18N2O2/c1-2-11(8-16)15-13(17)10-4-3-9-5-6-14-12(9)7-10/h3-4,7,11,14,16H,2,5-6,8H2,1H3,(H,15,17). The molecule has 0 aliphatic carbocycles. The zero-order valence-electron chi connectivity index (χ0n) is 9.99. The molecule has 1 aliphatic heterocycles. The molecule has 92 valence electrons. The first-order valence-electron chi connectivity index (χ1n) is 6.03. The van der Waals surface area contributed by atoms with Crippen LogP contribution in [0.2, 0.25) is 0 Å². The molecule has 17 heavy (non-hydrogen) atoms. The summed E-state index contributed by atoms with van der Waals surface area (Å²) in [7, 11) is 0. The summed E-state index contributed by atoms with van der Waals surface area (Å²) >= 11 is 0. The molecule has 0 aromatic heterocycles. The van der Waals surface area contributed by atoms with Gasteiger partial charge < -0.3 is 15.7 Å². The lowest BCUT2D eigenvalue weighted by atomic mass is 10.1. The molecule has 0 spiro atoms. The van der Waals surface area contributed by atoms with Gasteiger partial charge >= 0.3 is 0 Å². The number of aliphatic hydroxyl groups excluding tert-OH is 1. The number of amides is 1. The van der Waals surface area contributed by atoms with Gasteiger partial charge in [-0.3, -0.25) is 4.79 Å². The fourth-order valence-corrected chi connectivity index (χ4v) is 1.98. The van der Waals surface area contributed by atoms with Gasteiger partial charge in [-0.2, -0.15) is 0 Å². The van der Waals surface area contributed by atoms with Crippen LogP contribution in [0.3, 0.4) is 0 Å². The van der Waals surface area contributed by atoms with Gasteiger partial charge in [0.1, 0.15) is 0 Å². The van der Waals surface area contributed by atoms with Crippen LogP contribution in [0, 0.1) is 0 Å². The quantitative estimate of drug-likeness (QED) is 0.732. The summed E-state index contributed by atoms with van der Waals surface area (Å²) in [6, 6.07) is 5.54. The van der Waals surface area contributed by atoms with E-state index in [1.165, 1.54) is 5.56 Å². The molecule has 0 radical (unpaired) electrons. The maximum atomic E-state index is 11.9. The minimum absolute atomic E-state index is 0.0224. The first-order chi connectivity index (χ1) is 8.24. The highest BCUT2D eigenvalue weighted by Crippen LogP contribution is 2.23. The van der Waals surface area contributed by atoms with Crippen molar-refractivity contribution in [3.8, 4) is 0 Å². The van der Waals surface area contributed by atoms with E-state index in [0.717, 1.165) is 25.1 Å². The number of fused-ring (bicyclic) bond motifs is 1. The molecule has 0 fully saturated rings. The van der Waals surface area contributed by atoms with Crippen molar-refractivity contribution >= 4 is 11.6 Å². The van der Waals surface area contributed by atoms with Crippen LogP contribution in [-0.2, 0) is 6.42 Å². The Balaban J connectivity index is 2.09. The van der Waals surface area contributed by atoms with E-state index in [0.29, 0.717) is 5.56 Å². The topological polar surface area (TPSA) is 61.4 Å². The molecule has 1 unspecified atom stereocenters. The summed E-state index contributed by atoms with van der Waals surface area (Å²) in [5.74, 6) is -0.123. The van der Waals surface area contributed by atoms with Gasteiger partial charge in [0.2, 0.25) is 0 Å². The molecule has 1 heterocycles. The molecule has 1 atom stereocenters. The van der Waals surface area contributed by atoms with Crippen LogP contribution in [0.25, 0.3) is 0 Å². The normalized spacial score (nSPS) is 14.9. The van der Waals surface area contributed by atoms with Crippen LogP contribution < -0.4 is 10.6 Å². The highest BCUT2D eigenvalue weighted by Gasteiger charge is 2.15.